The summed E-state index contributed by atoms with van der Waals surface area (Å²) in [6, 6.07) is 8.11. The molecule has 0 bridgehead atoms. The number of methoxy groups -OCH3 is 2. The van der Waals surface area contributed by atoms with Crippen LogP contribution < -0.4 is 14.4 Å². The summed E-state index contributed by atoms with van der Waals surface area (Å²) in [5, 5.41) is 11.7. The highest BCUT2D eigenvalue weighted by Crippen LogP contribution is 2.58. The van der Waals surface area contributed by atoms with Crippen LogP contribution in [0.1, 0.15) is 36.8 Å². The lowest BCUT2D eigenvalue weighted by molar-refractivity contribution is -0.123. The molecule has 0 saturated carbocycles. The minimum atomic E-state index is -0.850. The number of ketones is 2. The number of anilines is 1. The van der Waals surface area contributed by atoms with E-state index in [1.807, 2.05) is 13.0 Å². The predicted octanol–water partition coefficient (Wildman–Crippen LogP) is 5.01. The number of imide groups is 1. The SMILES string of the molecule is COc1cc(O)c([C@H]2C3=CC[C@@H]4C(=O)N(c5ccc(C)c(Cl)c5)C(=O)[C@@H]4[C@@H]3CC3=C2C(=O)C=C(C)C3=O)c(OC)c1. The Balaban J connectivity index is 1.52. The van der Waals surface area contributed by atoms with Crippen LogP contribution in [0.2, 0.25) is 5.02 Å². The first-order valence-corrected chi connectivity index (χ1v) is 13.7. The van der Waals surface area contributed by atoms with E-state index in [1.54, 1.807) is 31.2 Å². The van der Waals surface area contributed by atoms with Crippen LogP contribution >= 0.6 is 11.6 Å². The van der Waals surface area contributed by atoms with E-state index < -0.39 is 23.7 Å². The van der Waals surface area contributed by atoms with Gasteiger partial charge in [0.15, 0.2) is 11.6 Å². The Morgan fingerprint density at radius 3 is 2.41 bits per heavy atom. The molecule has 210 valence electrons. The molecule has 6 rings (SSSR count). The number of aryl methyl sites for hydroxylation is 1. The number of nitrogens with zero attached hydrogens (tertiary/aromatic N) is 1. The van der Waals surface area contributed by atoms with Crippen molar-refractivity contribution >= 4 is 40.7 Å². The van der Waals surface area contributed by atoms with Crippen LogP contribution in [-0.2, 0) is 19.2 Å². The van der Waals surface area contributed by atoms with E-state index in [-0.39, 0.29) is 53.3 Å². The third-order valence-corrected chi connectivity index (χ3v) is 9.22. The first-order valence-electron chi connectivity index (χ1n) is 13.4. The van der Waals surface area contributed by atoms with Gasteiger partial charge in [-0.25, -0.2) is 4.90 Å². The number of benzene rings is 2. The summed E-state index contributed by atoms with van der Waals surface area (Å²) in [6.45, 7) is 3.43. The maximum Gasteiger partial charge on any atom is 0.238 e. The Hall–Kier alpha value is -4.17. The van der Waals surface area contributed by atoms with Gasteiger partial charge in [0, 0.05) is 45.4 Å². The van der Waals surface area contributed by atoms with Gasteiger partial charge in [0.05, 0.1) is 31.7 Å². The smallest absolute Gasteiger partial charge is 0.238 e. The lowest BCUT2D eigenvalue weighted by Gasteiger charge is -2.42. The van der Waals surface area contributed by atoms with Gasteiger partial charge in [0.25, 0.3) is 0 Å². The molecule has 3 aliphatic carbocycles. The normalized spacial score (nSPS) is 25.4. The number of phenols is 1. The van der Waals surface area contributed by atoms with Crippen LogP contribution in [0.4, 0.5) is 5.69 Å². The zero-order valence-electron chi connectivity index (χ0n) is 23.0. The molecule has 0 radical (unpaired) electrons. The van der Waals surface area contributed by atoms with E-state index >= 15 is 0 Å². The van der Waals surface area contributed by atoms with Gasteiger partial charge in [0.2, 0.25) is 11.8 Å². The lowest BCUT2D eigenvalue weighted by atomic mass is 9.59. The molecule has 8 nitrogen and oxygen atoms in total. The zero-order valence-corrected chi connectivity index (χ0v) is 23.7. The maximum absolute atomic E-state index is 14.1. The molecule has 1 N–H and O–H groups in total. The largest absolute Gasteiger partial charge is 0.507 e. The van der Waals surface area contributed by atoms with E-state index in [1.165, 1.54) is 31.3 Å². The Morgan fingerprint density at radius 2 is 1.73 bits per heavy atom. The van der Waals surface area contributed by atoms with Crippen LogP contribution in [0.3, 0.4) is 0 Å². The highest BCUT2D eigenvalue weighted by Gasteiger charge is 2.57. The number of phenolic OH excluding ortho intramolecular Hbond substituents is 1. The number of rotatable bonds is 4. The summed E-state index contributed by atoms with van der Waals surface area (Å²) in [7, 11) is 2.90. The van der Waals surface area contributed by atoms with Gasteiger partial charge in [-0.1, -0.05) is 29.3 Å². The number of hydrogen-bond acceptors (Lipinski definition) is 7. The monoisotopic (exact) mass is 573 g/mol. The Kier molecular flexibility index (Phi) is 6.41. The summed E-state index contributed by atoms with van der Waals surface area (Å²) in [5.41, 5.74) is 3.11. The summed E-state index contributed by atoms with van der Waals surface area (Å²) < 4.78 is 10.9. The number of carbonyl (C=O) groups excluding carboxylic acids is 4. The minimum Gasteiger partial charge on any atom is -0.507 e. The highest BCUT2D eigenvalue weighted by atomic mass is 35.5. The molecular weight excluding hydrogens is 546 g/mol. The van der Waals surface area contributed by atoms with Gasteiger partial charge < -0.3 is 14.6 Å². The van der Waals surface area contributed by atoms with Crippen molar-refractivity contribution in [3.63, 3.8) is 0 Å². The summed E-state index contributed by atoms with van der Waals surface area (Å²) in [5.74, 6) is -3.61. The van der Waals surface area contributed by atoms with Crippen molar-refractivity contribution in [3.8, 4) is 17.2 Å². The van der Waals surface area contributed by atoms with Gasteiger partial charge in [-0.05, 0) is 56.4 Å². The first kappa shape index (κ1) is 27.0. The van der Waals surface area contributed by atoms with Gasteiger partial charge in [-0.3, -0.25) is 19.2 Å². The molecule has 41 heavy (non-hydrogen) atoms. The maximum atomic E-state index is 14.1. The van der Waals surface area contributed by atoms with Crippen molar-refractivity contribution in [2.24, 2.45) is 17.8 Å². The highest BCUT2D eigenvalue weighted by molar-refractivity contribution is 6.32. The van der Waals surface area contributed by atoms with E-state index in [0.717, 1.165) is 5.56 Å². The average molecular weight is 574 g/mol. The van der Waals surface area contributed by atoms with Gasteiger partial charge in [-0.15, -0.1) is 0 Å². The number of Topliss-reactive ketones (excluding diaryl/α,β-unsaturated/α-hetero) is 1. The Morgan fingerprint density at radius 1 is 0.976 bits per heavy atom. The Labute approximate surface area is 241 Å². The van der Waals surface area contributed by atoms with Gasteiger partial charge in [-0.2, -0.15) is 0 Å². The molecule has 2 amide bonds. The number of ether oxygens (including phenoxy) is 2. The number of aromatic hydroxyl groups is 1. The quantitative estimate of drug-likeness (QED) is 0.311. The second-order valence-corrected chi connectivity index (χ2v) is 11.3. The number of hydrogen-bond donors (Lipinski definition) is 1. The third-order valence-electron chi connectivity index (χ3n) is 8.81. The lowest BCUT2D eigenvalue weighted by Crippen LogP contribution is -2.40. The number of halogens is 1. The standard InChI is InChI=1S/C32H28ClNO7/c1-14-5-6-16(10-22(14)33)34-31(38)19-8-7-18-20(26(19)32(34)39)13-21-27(23(35)9-15(2)30(21)37)28(18)29-24(36)11-17(40-3)12-25(29)41-4/h5-7,9-12,19-20,26,28,36H,8,13H2,1-4H3/t19-,20+,26-,28-/m0/s1. The van der Waals surface area contributed by atoms with Gasteiger partial charge >= 0.3 is 0 Å². The summed E-state index contributed by atoms with van der Waals surface area (Å²) in [6.07, 6.45) is 3.62. The average Bonchev–Trinajstić information content (AvgIpc) is 3.21. The van der Waals surface area contributed by atoms with Crippen molar-refractivity contribution in [2.45, 2.75) is 32.6 Å². The predicted molar refractivity (Wildman–Crippen MR) is 151 cm³/mol. The van der Waals surface area contributed by atoms with Crippen molar-refractivity contribution < 1.29 is 33.8 Å². The summed E-state index contributed by atoms with van der Waals surface area (Å²) in [4.78, 5) is 55.9. The van der Waals surface area contributed by atoms with Crippen LogP contribution in [0.25, 0.3) is 0 Å². The van der Waals surface area contributed by atoms with E-state index in [4.69, 9.17) is 21.1 Å². The molecular formula is C32H28ClNO7. The molecule has 4 aliphatic rings. The minimum absolute atomic E-state index is 0.134. The molecule has 1 heterocycles. The molecule has 1 aliphatic heterocycles. The van der Waals surface area contributed by atoms with E-state index in [9.17, 15) is 24.3 Å². The topological polar surface area (TPSA) is 110 Å². The van der Waals surface area contributed by atoms with Crippen LogP contribution in [-0.4, -0.2) is 42.7 Å². The number of fused-ring (bicyclic) bond motifs is 3. The molecule has 2 aromatic carbocycles. The van der Waals surface area contributed by atoms with E-state index in [2.05, 4.69) is 0 Å². The number of amides is 2. The fourth-order valence-corrected chi connectivity index (χ4v) is 7.03. The molecule has 2 aromatic rings. The van der Waals surface area contributed by atoms with Crippen LogP contribution in [0.5, 0.6) is 17.2 Å². The first-order chi connectivity index (χ1) is 19.6. The fraction of sp³-hybridized carbons (Fsp3) is 0.312. The third kappa shape index (κ3) is 3.95. The fourth-order valence-electron chi connectivity index (χ4n) is 6.85. The number of carbonyl (C=O) groups is 4. The van der Waals surface area contributed by atoms with Gasteiger partial charge in [0.1, 0.15) is 17.2 Å². The van der Waals surface area contributed by atoms with E-state index in [0.29, 0.717) is 38.7 Å². The van der Waals surface area contributed by atoms with Crippen molar-refractivity contribution in [3.05, 3.63) is 80.9 Å². The molecule has 1 fully saturated rings. The molecule has 0 spiro atoms. The Bertz CT molecular complexity index is 1670. The van der Waals surface area contributed by atoms with Crippen molar-refractivity contribution in [2.75, 3.05) is 19.1 Å². The molecule has 0 unspecified atom stereocenters. The molecule has 1 saturated heterocycles. The number of allylic oxidation sites excluding steroid dienone is 6. The molecule has 9 heteroatoms. The van der Waals surface area contributed by atoms with Crippen LogP contribution in [0, 0.1) is 24.7 Å². The molecule has 4 atom stereocenters. The summed E-state index contributed by atoms with van der Waals surface area (Å²) >= 11 is 6.34. The van der Waals surface area contributed by atoms with Crippen LogP contribution in [0.15, 0.2) is 64.8 Å². The zero-order chi connectivity index (χ0) is 29.3. The van der Waals surface area contributed by atoms with Crippen molar-refractivity contribution in [1.29, 1.82) is 0 Å². The molecule has 0 aromatic heterocycles. The second-order valence-electron chi connectivity index (χ2n) is 10.9. The second kappa shape index (κ2) is 9.73. The van der Waals surface area contributed by atoms with Crippen molar-refractivity contribution in [1.82, 2.24) is 0 Å².